The molecule has 158 valence electrons. The van der Waals surface area contributed by atoms with Crippen molar-refractivity contribution in [1.29, 1.82) is 0 Å². The lowest BCUT2D eigenvalue weighted by Gasteiger charge is -2.19. The second-order valence-electron chi connectivity index (χ2n) is 6.62. The zero-order chi connectivity index (χ0) is 21.5. The Balaban J connectivity index is 1.42. The molecule has 0 radical (unpaired) electrons. The van der Waals surface area contributed by atoms with E-state index < -0.39 is 30.2 Å². The Morgan fingerprint density at radius 2 is 1.77 bits per heavy atom. The summed E-state index contributed by atoms with van der Waals surface area (Å²) in [5.74, 6) is -0.800. The molecule has 9 heteroatoms. The van der Waals surface area contributed by atoms with Crippen LogP contribution in [0.25, 0.3) is 0 Å². The molecule has 1 heterocycles. The Morgan fingerprint density at radius 1 is 1.07 bits per heavy atom. The van der Waals surface area contributed by atoms with Crippen molar-refractivity contribution in [3.63, 3.8) is 0 Å². The highest BCUT2D eigenvalue weighted by Crippen LogP contribution is 2.30. The average molecular weight is 416 g/mol. The van der Waals surface area contributed by atoms with Crippen LogP contribution >= 0.6 is 0 Å². The molecule has 0 unspecified atom stereocenters. The summed E-state index contributed by atoms with van der Waals surface area (Å²) in [6.07, 6.45) is -0.0291. The van der Waals surface area contributed by atoms with Gasteiger partial charge in [0.1, 0.15) is 19.0 Å². The summed E-state index contributed by atoms with van der Waals surface area (Å²) in [6.45, 7) is 0.196. The van der Waals surface area contributed by atoms with Crippen LogP contribution in [0.3, 0.4) is 0 Å². The van der Waals surface area contributed by atoms with Crippen molar-refractivity contribution < 1.29 is 33.0 Å². The number of anilines is 1. The van der Waals surface area contributed by atoms with E-state index in [1.54, 1.807) is 18.2 Å². The lowest BCUT2D eigenvalue weighted by molar-refractivity contribution is -0.151. The fourth-order valence-corrected chi connectivity index (χ4v) is 2.71. The zero-order valence-corrected chi connectivity index (χ0v) is 16.4. The molecule has 2 amide bonds. The first-order valence-corrected chi connectivity index (χ1v) is 9.24. The molecule has 0 saturated carbocycles. The monoisotopic (exact) mass is 416 g/mol. The number of carbonyl (C=O) groups is 3. The van der Waals surface area contributed by atoms with E-state index in [1.165, 1.54) is 31.3 Å². The molecule has 8 nitrogen and oxygen atoms in total. The first-order valence-electron chi connectivity index (χ1n) is 9.24. The number of nitrogens with one attached hydrogen (secondary N) is 1. The molecule has 2 aromatic carbocycles. The molecule has 0 atom stereocenters. The number of fused-ring (bicyclic) bond motifs is 1. The van der Waals surface area contributed by atoms with E-state index in [4.69, 9.17) is 14.2 Å². The van der Waals surface area contributed by atoms with Crippen LogP contribution in [0.2, 0.25) is 0 Å². The number of esters is 1. The van der Waals surface area contributed by atoms with Crippen molar-refractivity contribution in [2.75, 3.05) is 38.7 Å². The topological polar surface area (TPSA) is 94.2 Å². The molecule has 1 aliphatic rings. The Labute approximate surface area is 172 Å². The second kappa shape index (κ2) is 9.73. The Kier molecular flexibility index (Phi) is 6.84. The van der Waals surface area contributed by atoms with E-state index in [-0.39, 0.29) is 13.0 Å². The maximum Gasteiger partial charge on any atom is 0.310 e. The molecule has 0 saturated heterocycles. The van der Waals surface area contributed by atoms with Crippen LogP contribution in [-0.2, 0) is 25.5 Å². The number of hydrogen-bond acceptors (Lipinski definition) is 6. The molecule has 0 aliphatic carbocycles. The second-order valence-corrected chi connectivity index (χ2v) is 6.62. The maximum absolute atomic E-state index is 12.9. The number of halogens is 1. The highest BCUT2D eigenvalue weighted by molar-refractivity contribution is 5.94. The largest absolute Gasteiger partial charge is 0.486 e. The smallest absolute Gasteiger partial charge is 0.310 e. The van der Waals surface area contributed by atoms with Crippen molar-refractivity contribution in [3.05, 3.63) is 53.8 Å². The summed E-state index contributed by atoms with van der Waals surface area (Å²) in [5, 5.41) is 2.55. The standard InChI is InChI=1S/C21H21FN2O6/c1-24(12-19(25)23-16-5-3-15(22)4-6-16)20(26)13-30-21(27)11-14-2-7-17-18(10-14)29-9-8-28-17/h2-7,10H,8-9,11-13H2,1H3,(H,23,25). The van der Waals surface area contributed by atoms with Gasteiger partial charge in [-0.1, -0.05) is 6.07 Å². The van der Waals surface area contributed by atoms with Gasteiger partial charge in [-0.25, -0.2) is 4.39 Å². The van der Waals surface area contributed by atoms with E-state index in [0.717, 1.165) is 4.90 Å². The summed E-state index contributed by atoms with van der Waals surface area (Å²) >= 11 is 0. The van der Waals surface area contributed by atoms with Crippen LogP contribution in [0.15, 0.2) is 42.5 Å². The molecular weight excluding hydrogens is 395 g/mol. The SMILES string of the molecule is CN(CC(=O)Nc1ccc(F)cc1)C(=O)COC(=O)Cc1ccc2c(c1)OCCO2. The van der Waals surface area contributed by atoms with E-state index in [1.807, 2.05) is 0 Å². The van der Waals surface area contributed by atoms with E-state index >= 15 is 0 Å². The van der Waals surface area contributed by atoms with Gasteiger partial charge in [0.15, 0.2) is 18.1 Å². The van der Waals surface area contributed by atoms with Crippen molar-refractivity contribution in [3.8, 4) is 11.5 Å². The molecule has 3 rings (SSSR count). The van der Waals surface area contributed by atoms with Gasteiger partial charge in [-0.05, 0) is 42.0 Å². The molecular formula is C21H21FN2O6. The Hall–Kier alpha value is -3.62. The minimum atomic E-state index is -0.579. The van der Waals surface area contributed by atoms with Gasteiger partial charge in [-0.3, -0.25) is 14.4 Å². The van der Waals surface area contributed by atoms with E-state index in [0.29, 0.717) is 36.0 Å². The summed E-state index contributed by atoms with van der Waals surface area (Å²) < 4.78 is 28.8. The number of carbonyl (C=O) groups excluding carboxylic acids is 3. The third kappa shape index (κ3) is 5.94. The number of rotatable bonds is 7. The summed E-state index contributed by atoms with van der Waals surface area (Å²) in [7, 11) is 1.42. The lowest BCUT2D eigenvalue weighted by Crippen LogP contribution is -2.37. The van der Waals surface area contributed by atoms with E-state index in [9.17, 15) is 18.8 Å². The van der Waals surface area contributed by atoms with Gasteiger partial charge in [0, 0.05) is 12.7 Å². The lowest BCUT2D eigenvalue weighted by atomic mass is 10.1. The molecule has 30 heavy (non-hydrogen) atoms. The molecule has 1 aliphatic heterocycles. The molecule has 0 bridgehead atoms. The van der Waals surface area contributed by atoms with Crippen molar-refractivity contribution in [2.24, 2.45) is 0 Å². The molecule has 0 aromatic heterocycles. The van der Waals surface area contributed by atoms with Crippen molar-refractivity contribution in [1.82, 2.24) is 4.90 Å². The highest BCUT2D eigenvalue weighted by atomic mass is 19.1. The van der Waals surface area contributed by atoms with Gasteiger partial charge < -0.3 is 24.4 Å². The fraction of sp³-hybridized carbons (Fsp3) is 0.286. The normalized spacial score (nSPS) is 12.1. The highest BCUT2D eigenvalue weighted by Gasteiger charge is 2.17. The number of amides is 2. The first-order chi connectivity index (χ1) is 14.4. The number of nitrogens with zero attached hydrogens (tertiary/aromatic N) is 1. The van der Waals surface area contributed by atoms with Gasteiger partial charge in [0.05, 0.1) is 13.0 Å². The Morgan fingerprint density at radius 3 is 2.50 bits per heavy atom. The summed E-state index contributed by atoms with van der Waals surface area (Å²) in [4.78, 5) is 37.2. The fourth-order valence-electron chi connectivity index (χ4n) is 2.71. The van der Waals surface area contributed by atoms with Crippen molar-refractivity contribution in [2.45, 2.75) is 6.42 Å². The average Bonchev–Trinajstić information content (AvgIpc) is 2.73. The maximum atomic E-state index is 12.9. The molecule has 2 aromatic rings. The third-order valence-corrected chi connectivity index (χ3v) is 4.25. The van der Waals surface area contributed by atoms with E-state index in [2.05, 4.69) is 5.32 Å². The van der Waals surface area contributed by atoms with Gasteiger partial charge in [-0.15, -0.1) is 0 Å². The van der Waals surface area contributed by atoms with Crippen molar-refractivity contribution >= 4 is 23.5 Å². The number of hydrogen-bond donors (Lipinski definition) is 1. The first kappa shape index (κ1) is 21.1. The number of likely N-dealkylation sites (N-methyl/N-ethyl adjacent to an activating group) is 1. The van der Waals surface area contributed by atoms with Gasteiger partial charge in [-0.2, -0.15) is 0 Å². The van der Waals surface area contributed by atoms with Gasteiger partial charge >= 0.3 is 5.97 Å². The van der Waals surface area contributed by atoms with Crippen LogP contribution < -0.4 is 14.8 Å². The van der Waals surface area contributed by atoms with Crippen LogP contribution in [-0.4, -0.2) is 56.1 Å². The quantitative estimate of drug-likeness (QED) is 0.692. The zero-order valence-electron chi connectivity index (χ0n) is 16.4. The molecule has 1 N–H and O–H groups in total. The number of benzene rings is 2. The number of ether oxygens (including phenoxy) is 3. The van der Waals surface area contributed by atoms with Gasteiger partial charge in [0.25, 0.3) is 5.91 Å². The third-order valence-electron chi connectivity index (χ3n) is 4.25. The van der Waals surface area contributed by atoms with Crippen LogP contribution in [0, 0.1) is 5.82 Å². The molecule has 0 fully saturated rings. The van der Waals surface area contributed by atoms with Crippen LogP contribution in [0.5, 0.6) is 11.5 Å². The Bertz CT molecular complexity index is 932. The van der Waals surface area contributed by atoms with Crippen LogP contribution in [0.4, 0.5) is 10.1 Å². The minimum Gasteiger partial charge on any atom is -0.486 e. The molecule has 0 spiro atoms. The minimum absolute atomic E-state index is 0.0291. The van der Waals surface area contributed by atoms with Gasteiger partial charge in [0.2, 0.25) is 5.91 Å². The predicted molar refractivity (Wildman–Crippen MR) is 105 cm³/mol. The summed E-state index contributed by atoms with van der Waals surface area (Å²) in [6, 6.07) is 10.4. The predicted octanol–water partition coefficient (Wildman–Crippen LogP) is 1.78. The van der Waals surface area contributed by atoms with Crippen LogP contribution in [0.1, 0.15) is 5.56 Å². The summed E-state index contributed by atoms with van der Waals surface area (Å²) in [5.41, 5.74) is 1.08.